The second-order valence-corrected chi connectivity index (χ2v) is 4.49. The number of rotatable bonds is 0. The Hall–Kier alpha value is -0.570. The SMILES string of the molecule is CN1C(=O)C(N)CC12CCCCC2. The minimum atomic E-state index is -0.233. The minimum absolute atomic E-state index is 0.134. The van der Waals surface area contributed by atoms with E-state index in [9.17, 15) is 4.79 Å². The zero-order valence-electron chi connectivity index (χ0n) is 8.25. The van der Waals surface area contributed by atoms with Crippen LogP contribution in [0.5, 0.6) is 0 Å². The summed E-state index contributed by atoms with van der Waals surface area (Å²) >= 11 is 0. The summed E-state index contributed by atoms with van der Waals surface area (Å²) < 4.78 is 0. The van der Waals surface area contributed by atoms with Crippen LogP contribution in [0.15, 0.2) is 0 Å². The number of amides is 1. The molecule has 1 amide bonds. The molecular formula is C10H18N2O. The van der Waals surface area contributed by atoms with Gasteiger partial charge in [-0.25, -0.2) is 0 Å². The van der Waals surface area contributed by atoms with Crippen molar-refractivity contribution in [3.05, 3.63) is 0 Å². The third kappa shape index (κ3) is 1.26. The second kappa shape index (κ2) is 2.98. The van der Waals surface area contributed by atoms with Gasteiger partial charge in [-0.15, -0.1) is 0 Å². The first kappa shape index (κ1) is 9.00. The fraction of sp³-hybridized carbons (Fsp3) is 0.900. The summed E-state index contributed by atoms with van der Waals surface area (Å²) in [5.41, 5.74) is 5.92. The van der Waals surface area contributed by atoms with Crippen molar-refractivity contribution in [2.45, 2.75) is 50.1 Å². The predicted molar refractivity (Wildman–Crippen MR) is 51.2 cm³/mol. The molecule has 2 N–H and O–H groups in total. The molecule has 74 valence electrons. The number of hydrogen-bond acceptors (Lipinski definition) is 2. The van der Waals surface area contributed by atoms with Gasteiger partial charge in [-0.05, 0) is 19.3 Å². The number of carbonyl (C=O) groups is 1. The van der Waals surface area contributed by atoms with Gasteiger partial charge in [0, 0.05) is 12.6 Å². The summed E-state index contributed by atoms with van der Waals surface area (Å²) in [6.45, 7) is 0. The standard InChI is InChI=1S/C10H18N2O/c1-12-9(13)8(11)7-10(12)5-3-2-4-6-10/h8H,2-7,11H2,1H3. The van der Waals surface area contributed by atoms with E-state index in [1.54, 1.807) is 0 Å². The van der Waals surface area contributed by atoms with E-state index in [0.717, 1.165) is 19.3 Å². The molecule has 0 aromatic rings. The molecule has 1 atom stereocenters. The first-order chi connectivity index (χ1) is 6.16. The molecule has 0 aromatic carbocycles. The number of hydrogen-bond donors (Lipinski definition) is 1. The fourth-order valence-corrected chi connectivity index (χ4v) is 2.87. The summed E-state index contributed by atoms with van der Waals surface area (Å²) in [6, 6.07) is -0.233. The highest BCUT2D eigenvalue weighted by Gasteiger charge is 2.47. The van der Waals surface area contributed by atoms with Crippen LogP contribution in [0, 0.1) is 0 Å². The van der Waals surface area contributed by atoms with Crippen LogP contribution in [0.25, 0.3) is 0 Å². The molecule has 3 nitrogen and oxygen atoms in total. The van der Waals surface area contributed by atoms with E-state index in [0.29, 0.717) is 0 Å². The molecule has 0 radical (unpaired) electrons. The molecule has 1 saturated heterocycles. The molecule has 2 fully saturated rings. The Balaban J connectivity index is 2.18. The van der Waals surface area contributed by atoms with Gasteiger partial charge in [0.2, 0.25) is 5.91 Å². The third-order valence-electron chi connectivity index (χ3n) is 3.74. The Labute approximate surface area is 79.3 Å². The van der Waals surface area contributed by atoms with Crippen molar-refractivity contribution in [2.75, 3.05) is 7.05 Å². The van der Waals surface area contributed by atoms with Crippen molar-refractivity contribution in [3.63, 3.8) is 0 Å². The highest BCUT2D eigenvalue weighted by molar-refractivity contribution is 5.84. The minimum Gasteiger partial charge on any atom is -0.339 e. The number of nitrogens with two attached hydrogens (primary N) is 1. The number of likely N-dealkylation sites (N-methyl/N-ethyl adjacent to an activating group) is 1. The van der Waals surface area contributed by atoms with Gasteiger partial charge in [-0.3, -0.25) is 4.79 Å². The largest absolute Gasteiger partial charge is 0.339 e. The van der Waals surface area contributed by atoms with E-state index in [1.807, 2.05) is 11.9 Å². The van der Waals surface area contributed by atoms with E-state index in [2.05, 4.69) is 0 Å². The van der Waals surface area contributed by atoms with Gasteiger partial charge in [-0.1, -0.05) is 19.3 Å². The molecule has 0 bridgehead atoms. The van der Waals surface area contributed by atoms with Crippen LogP contribution < -0.4 is 5.73 Å². The molecule has 13 heavy (non-hydrogen) atoms. The highest BCUT2D eigenvalue weighted by Crippen LogP contribution is 2.40. The van der Waals surface area contributed by atoms with Gasteiger partial charge in [0.15, 0.2) is 0 Å². The zero-order chi connectivity index (χ0) is 9.47. The predicted octanol–water partition coefficient (Wildman–Crippen LogP) is 0.879. The number of nitrogens with zero attached hydrogens (tertiary/aromatic N) is 1. The van der Waals surface area contributed by atoms with Crippen molar-refractivity contribution in [3.8, 4) is 0 Å². The van der Waals surface area contributed by atoms with Crippen molar-refractivity contribution in [1.82, 2.24) is 4.90 Å². The highest BCUT2D eigenvalue weighted by atomic mass is 16.2. The van der Waals surface area contributed by atoms with E-state index in [4.69, 9.17) is 5.73 Å². The molecule has 3 heteroatoms. The lowest BCUT2D eigenvalue weighted by atomic mass is 9.79. The molecule has 1 aliphatic heterocycles. The molecule has 1 heterocycles. The van der Waals surface area contributed by atoms with Crippen LogP contribution in [0.4, 0.5) is 0 Å². The van der Waals surface area contributed by atoms with Gasteiger partial charge < -0.3 is 10.6 Å². The summed E-state index contributed by atoms with van der Waals surface area (Å²) in [7, 11) is 1.92. The van der Waals surface area contributed by atoms with Crippen LogP contribution >= 0.6 is 0 Å². The van der Waals surface area contributed by atoms with Crippen LogP contribution in [0.3, 0.4) is 0 Å². The topological polar surface area (TPSA) is 46.3 Å². The maximum absolute atomic E-state index is 11.6. The lowest BCUT2D eigenvalue weighted by molar-refractivity contribution is -0.131. The summed E-state index contributed by atoms with van der Waals surface area (Å²) in [4.78, 5) is 13.5. The van der Waals surface area contributed by atoms with Gasteiger partial charge >= 0.3 is 0 Å². The van der Waals surface area contributed by atoms with Crippen molar-refractivity contribution in [1.29, 1.82) is 0 Å². The second-order valence-electron chi connectivity index (χ2n) is 4.49. The molecule has 0 aromatic heterocycles. The summed E-state index contributed by atoms with van der Waals surface area (Å²) in [5.74, 6) is 0.141. The zero-order valence-corrected chi connectivity index (χ0v) is 8.25. The van der Waals surface area contributed by atoms with Crippen LogP contribution in [-0.4, -0.2) is 29.4 Å². The molecule has 2 rings (SSSR count). The van der Waals surface area contributed by atoms with E-state index >= 15 is 0 Å². The Kier molecular flexibility index (Phi) is 2.06. The Morgan fingerprint density at radius 3 is 2.46 bits per heavy atom. The normalized spacial score (nSPS) is 32.9. The quantitative estimate of drug-likeness (QED) is 0.604. The summed E-state index contributed by atoms with van der Waals surface area (Å²) in [5, 5.41) is 0. The monoisotopic (exact) mass is 182 g/mol. The summed E-state index contributed by atoms with van der Waals surface area (Å²) in [6.07, 6.45) is 7.02. The molecule has 1 saturated carbocycles. The Morgan fingerprint density at radius 1 is 1.38 bits per heavy atom. The van der Waals surface area contributed by atoms with E-state index in [-0.39, 0.29) is 17.5 Å². The maximum atomic E-state index is 11.6. The van der Waals surface area contributed by atoms with E-state index < -0.39 is 0 Å². The maximum Gasteiger partial charge on any atom is 0.239 e. The van der Waals surface area contributed by atoms with Crippen LogP contribution in [0.2, 0.25) is 0 Å². The van der Waals surface area contributed by atoms with Gasteiger partial charge in [0.25, 0.3) is 0 Å². The molecule has 1 aliphatic carbocycles. The lowest BCUT2D eigenvalue weighted by Crippen LogP contribution is -2.44. The van der Waals surface area contributed by atoms with Gasteiger partial charge in [-0.2, -0.15) is 0 Å². The molecule has 2 aliphatic rings. The van der Waals surface area contributed by atoms with Crippen molar-refractivity contribution >= 4 is 5.91 Å². The fourth-order valence-electron chi connectivity index (χ4n) is 2.87. The Bertz CT molecular complexity index is 221. The molecule has 1 spiro atoms. The van der Waals surface area contributed by atoms with Crippen molar-refractivity contribution in [2.24, 2.45) is 5.73 Å². The first-order valence-corrected chi connectivity index (χ1v) is 5.19. The first-order valence-electron chi connectivity index (χ1n) is 5.19. The number of likely N-dealkylation sites (tertiary alicyclic amines) is 1. The van der Waals surface area contributed by atoms with Crippen LogP contribution in [-0.2, 0) is 4.79 Å². The Morgan fingerprint density at radius 2 is 2.00 bits per heavy atom. The van der Waals surface area contributed by atoms with Gasteiger partial charge in [0.1, 0.15) is 0 Å². The van der Waals surface area contributed by atoms with Gasteiger partial charge in [0.05, 0.1) is 6.04 Å². The number of carbonyl (C=O) groups excluding carboxylic acids is 1. The van der Waals surface area contributed by atoms with Crippen LogP contribution in [0.1, 0.15) is 38.5 Å². The average Bonchev–Trinajstić information content (AvgIpc) is 2.33. The molecule has 1 unspecified atom stereocenters. The molecular weight excluding hydrogens is 164 g/mol. The smallest absolute Gasteiger partial charge is 0.239 e. The van der Waals surface area contributed by atoms with Crippen molar-refractivity contribution < 1.29 is 4.79 Å². The lowest BCUT2D eigenvalue weighted by Gasteiger charge is -2.39. The average molecular weight is 182 g/mol. The third-order valence-corrected chi connectivity index (χ3v) is 3.74. The van der Waals surface area contributed by atoms with E-state index in [1.165, 1.54) is 19.3 Å².